The van der Waals surface area contributed by atoms with Crippen LogP contribution in [-0.2, 0) is 16.8 Å². The fraction of sp³-hybridized carbons (Fsp3) is 0.400. The number of nitrogens with zero attached hydrogens (tertiary/aromatic N) is 7. The Kier molecular flexibility index (Phi) is 7.37. The van der Waals surface area contributed by atoms with Crippen LogP contribution in [0.3, 0.4) is 0 Å². The van der Waals surface area contributed by atoms with Crippen molar-refractivity contribution in [1.82, 2.24) is 34.6 Å². The van der Waals surface area contributed by atoms with Crippen LogP contribution < -0.4 is 5.32 Å². The van der Waals surface area contributed by atoms with Crippen molar-refractivity contribution in [2.24, 2.45) is 5.92 Å². The van der Waals surface area contributed by atoms with E-state index in [1.165, 1.54) is 0 Å². The molecule has 1 aromatic carbocycles. The molecule has 1 aliphatic carbocycles. The quantitative estimate of drug-likeness (QED) is 0.284. The summed E-state index contributed by atoms with van der Waals surface area (Å²) in [6.07, 6.45) is 3.30. The zero-order valence-electron chi connectivity index (χ0n) is 23.2. The summed E-state index contributed by atoms with van der Waals surface area (Å²) in [5, 5.41) is 21.6. The van der Waals surface area contributed by atoms with E-state index in [9.17, 15) is 28.0 Å². The minimum Gasteiger partial charge on any atom is -0.338 e. The normalized spacial score (nSPS) is 16.1. The third-order valence-electron chi connectivity index (χ3n) is 7.98. The number of amides is 2. The number of aromatic nitrogens is 5. The summed E-state index contributed by atoms with van der Waals surface area (Å²) in [4.78, 5) is 30.8. The van der Waals surface area contributed by atoms with Crippen molar-refractivity contribution in [2.75, 3.05) is 19.6 Å². The predicted molar refractivity (Wildman–Crippen MR) is 150 cm³/mol. The number of hydrogen-bond donors (Lipinski definition) is 1. The van der Waals surface area contributed by atoms with Gasteiger partial charge in [0.25, 0.3) is 0 Å². The van der Waals surface area contributed by atoms with Crippen LogP contribution in [0, 0.1) is 17.2 Å². The highest BCUT2D eigenvalue weighted by Gasteiger charge is 2.47. The van der Waals surface area contributed by atoms with Crippen molar-refractivity contribution in [3.05, 3.63) is 60.7 Å². The Morgan fingerprint density at radius 2 is 1.86 bits per heavy atom. The number of nitrogens with one attached hydrogen (secondary N) is 1. The highest BCUT2D eigenvalue weighted by Crippen LogP contribution is 2.34. The van der Waals surface area contributed by atoms with Gasteiger partial charge in [0.2, 0.25) is 0 Å². The molecule has 2 fully saturated rings. The van der Waals surface area contributed by atoms with E-state index in [0.29, 0.717) is 42.5 Å². The average Bonchev–Trinajstić information content (AvgIpc) is 3.48. The molecule has 4 aromatic rings. The maximum atomic E-state index is 12.5. The van der Waals surface area contributed by atoms with Gasteiger partial charge in [0, 0.05) is 42.3 Å². The monoisotopic (exact) mass is 590 g/mol. The number of hydrogen-bond acceptors (Lipinski definition) is 6. The Morgan fingerprint density at radius 1 is 1.07 bits per heavy atom. The SMILES string of the molecule is N#CCC1(n2cc(-c3cnn4c(-c5cccc(CC(=O)CCC(F)(F)F)c5)cnc4c3)cn2)CN(C(=O)NCC2CC2)C1. The van der Waals surface area contributed by atoms with Gasteiger partial charge in [-0.2, -0.15) is 28.6 Å². The lowest BCUT2D eigenvalue weighted by molar-refractivity contribution is -0.143. The molecule has 0 unspecified atom stereocenters. The summed E-state index contributed by atoms with van der Waals surface area (Å²) in [6.45, 7) is 1.48. The topological polar surface area (TPSA) is 121 Å². The number of benzene rings is 1. The number of imidazole rings is 1. The van der Waals surface area contributed by atoms with E-state index in [0.717, 1.165) is 29.5 Å². The third kappa shape index (κ3) is 6.23. The molecular formula is C30H29F3N8O2. The summed E-state index contributed by atoms with van der Waals surface area (Å²) in [6, 6.07) is 11.0. The molecule has 0 atom stereocenters. The van der Waals surface area contributed by atoms with Gasteiger partial charge in [-0.05, 0) is 36.5 Å². The molecule has 6 rings (SSSR count). The molecule has 1 saturated heterocycles. The number of nitriles is 1. The van der Waals surface area contributed by atoms with Crippen molar-refractivity contribution < 1.29 is 22.8 Å². The maximum absolute atomic E-state index is 12.5. The molecule has 13 heteroatoms. The Bertz CT molecular complexity index is 1710. The largest absolute Gasteiger partial charge is 0.389 e. The third-order valence-corrected chi connectivity index (χ3v) is 7.98. The minimum atomic E-state index is -4.36. The summed E-state index contributed by atoms with van der Waals surface area (Å²) in [7, 11) is 0. The smallest absolute Gasteiger partial charge is 0.338 e. The molecule has 2 aliphatic rings. The van der Waals surface area contributed by atoms with Gasteiger partial charge < -0.3 is 10.2 Å². The molecule has 2 amide bonds. The first kappa shape index (κ1) is 28.4. The lowest BCUT2D eigenvalue weighted by Gasteiger charge is -2.48. The van der Waals surface area contributed by atoms with Crippen LogP contribution in [0.25, 0.3) is 28.0 Å². The van der Waals surface area contributed by atoms with Gasteiger partial charge in [-0.25, -0.2) is 14.3 Å². The molecular weight excluding hydrogens is 561 g/mol. The Labute approximate surface area is 245 Å². The molecule has 0 bridgehead atoms. The molecule has 1 aliphatic heterocycles. The first-order valence-corrected chi connectivity index (χ1v) is 14.1. The van der Waals surface area contributed by atoms with Crippen LogP contribution in [0.4, 0.5) is 18.0 Å². The fourth-order valence-electron chi connectivity index (χ4n) is 5.36. The number of likely N-dealkylation sites (tertiary alicyclic amines) is 1. The van der Waals surface area contributed by atoms with Gasteiger partial charge in [0.05, 0.1) is 56.3 Å². The van der Waals surface area contributed by atoms with Crippen molar-refractivity contribution >= 4 is 17.5 Å². The first-order valence-electron chi connectivity index (χ1n) is 14.1. The number of rotatable bonds is 10. The number of halogens is 3. The molecule has 1 N–H and O–H groups in total. The summed E-state index contributed by atoms with van der Waals surface area (Å²) < 4.78 is 40.9. The number of ketones is 1. The standard InChI is InChI=1S/C30H29F3N8O2/c31-30(32,33)7-6-25(42)11-21-2-1-3-22(10-21)26-16-35-27-12-23(14-38-41(26)27)24-15-37-40(17-24)29(8-9-34)18-39(19-29)28(43)36-13-20-4-5-20/h1-3,10,12,14-17,20H,4-8,11,13,18-19H2,(H,36,43). The van der Waals surface area contributed by atoms with Gasteiger partial charge in [0.15, 0.2) is 5.65 Å². The van der Waals surface area contributed by atoms with E-state index >= 15 is 0 Å². The van der Waals surface area contributed by atoms with Crippen molar-refractivity contribution in [3.63, 3.8) is 0 Å². The van der Waals surface area contributed by atoms with Crippen LogP contribution >= 0.6 is 0 Å². The van der Waals surface area contributed by atoms with Crippen LogP contribution in [0.15, 0.2) is 55.1 Å². The molecule has 4 heterocycles. The van der Waals surface area contributed by atoms with E-state index < -0.39 is 30.3 Å². The van der Waals surface area contributed by atoms with E-state index in [-0.39, 0.29) is 18.9 Å². The Balaban J connectivity index is 1.16. The molecule has 3 aromatic heterocycles. The van der Waals surface area contributed by atoms with Crippen molar-refractivity contribution in [1.29, 1.82) is 5.26 Å². The minimum absolute atomic E-state index is 0.0849. The predicted octanol–water partition coefficient (Wildman–Crippen LogP) is 4.76. The Hall–Kier alpha value is -4.73. The summed E-state index contributed by atoms with van der Waals surface area (Å²) in [5.74, 6) is 0.110. The lowest BCUT2D eigenvalue weighted by Crippen LogP contribution is -2.66. The van der Waals surface area contributed by atoms with Crippen molar-refractivity contribution in [3.8, 4) is 28.5 Å². The molecule has 43 heavy (non-hydrogen) atoms. The summed E-state index contributed by atoms with van der Waals surface area (Å²) in [5.41, 5.74) is 3.55. The van der Waals surface area contributed by atoms with Gasteiger partial charge in [-0.15, -0.1) is 0 Å². The number of fused-ring (bicyclic) bond motifs is 1. The maximum Gasteiger partial charge on any atom is 0.389 e. The second kappa shape index (κ2) is 11.2. The zero-order valence-corrected chi connectivity index (χ0v) is 23.2. The molecule has 10 nitrogen and oxygen atoms in total. The van der Waals surface area contributed by atoms with E-state index in [1.807, 2.05) is 18.3 Å². The van der Waals surface area contributed by atoms with E-state index in [2.05, 4.69) is 26.6 Å². The van der Waals surface area contributed by atoms with Gasteiger partial charge in [0.1, 0.15) is 11.3 Å². The van der Waals surface area contributed by atoms with Crippen LogP contribution in [0.1, 0.15) is 37.7 Å². The van der Waals surface area contributed by atoms with Crippen molar-refractivity contribution in [2.45, 2.75) is 50.2 Å². The second-order valence-corrected chi connectivity index (χ2v) is 11.4. The lowest BCUT2D eigenvalue weighted by atomic mass is 9.87. The van der Waals surface area contributed by atoms with Gasteiger partial charge in [-0.1, -0.05) is 18.2 Å². The molecule has 0 radical (unpaired) electrons. The number of carbonyl (C=O) groups is 2. The summed E-state index contributed by atoms with van der Waals surface area (Å²) >= 11 is 0. The van der Waals surface area contributed by atoms with Gasteiger partial charge in [-0.3, -0.25) is 9.48 Å². The van der Waals surface area contributed by atoms with E-state index in [1.54, 1.807) is 50.9 Å². The van der Waals surface area contributed by atoms with Gasteiger partial charge >= 0.3 is 12.2 Å². The molecule has 0 spiro atoms. The van der Waals surface area contributed by atoms with Crippen LogP contribution in [0.5, 0.6) is 0 Å². The zero-order chi connectivity index (χ0) is 30.2. The number of alkyl halides is 3. The number of urea groups is 1. The fourth-order valence-corrected chi connectivity index (χ4v) is 5.36. The molecule has 222 valence electrons. The van der Waals surface area contributed by atoms with E-state index in [4.69, 9.17) is 0 Å². The first-order chi connectivity index (χ1) is 20.6. The van der Waals surface area contributed by atoms with Crippen LogP contribution in [-0.4, -0.2) is 66.9 Å². The number of carbonyl (C=O) groups excluding carboxylic acids is 2. The highest BCUT2D eigenvalue weighted by atomic mass is 19.4. The number of Topliss-reactive ketones (excluding diaryl/α,β-unsaturated/α-hetero) is 1. The van der Waals surface area contributed by atoms with Crippen LogP contribution in [0.2, 0.25) is 0 Å². The Morgan fingerprint density at radius 3 is 2.60 bits per heavy atom. The molecule has 1 saturated carbocycles. The average molecular weight is 591 g/mol. The highest BCUT2D eigenvalue weighted by molar-refractivity contribution is 5.81. The second-order valence-electron chi connectivity index (χ2n) is 11.4.